The summed E-state index contributed by atoms with van der Waals surface area (Å²) in [6.07, 6.45) is -0.637. The lowest BCUT2D eigenvalue weighted by Gasteiger charge is -2.10. The number of aryl methyl sites for hydroxylation is 2. The number of carbonyl (C=O) groups is 1. The van der Waals surface area contributed by atoms with Gasteiger partial charge >= 0.3 is 6.18 Å². The summed E-state index contributed by atoms with van der Waals surface area (Å²) in [5, 5.41) is 3.30. The minimum atomic E-state index is -4.40. The van der Waals surface area contributed by atoms with Gasteiger partial charge < -0.3 is 10.1 Å². The molecule has 0 atom stereocenters. The highest BCUT2D eigenvalue weighted by molar-refractivity contribution is 7.20. The lowest BCUT2D eigenvalue weighted by atomic mass is 10.2. The minimum absolute atomic E-state index is 0.0888. The molecule has 0 aliphatic carbocycles. The van der Waals surface area contributed by atoms with Crippen molar-refractivity contribution < 1.29 is 22.7 Å². The second-order valence-corrected chi connectivity index (χ2v) is 8.76. The van der Waals surface area contributed by atoms with E-state index in [0.29, 0.717) is 32.8 Å². The van der Waals surface area contributed by atoms with Crippen LogP contribution in [0.15, 0.2) is 29.1 Å². The van der Waals surface area contributed by atoms with E-state index < -0.39 is 12.8 Å². The molecule has 0 spiro atoms. The van der Waals surface area contributed by atoms with Crippen molar-refractivity contribution in [3.8, 4) is 5.75 Å². The lowest BCUT2D eigenvalue weighted by Crippen LogP contribution is -2.25. The Kier molecular flexibility index (Phi) is 6.23. The molecule has 0 bridgehead atoms. The van der Waals surface area contributed by atoms with Crippen molar-refractivity contribution in [2.75, 3.05) is 6.61 Å². The maximum atomic E-state index is 13.0. The molecule has 1 N–H and O–H groups in total. The van der Waals surface area contributed by atoms with Gasteiger partial charge in [-0.15, -0.1) is 11.3 Å². The van der Waals surface area contributed by atoms with Crippen LogP contribution in [0.5, 0.6) is 5.75 Å². The molecule has 3 aromatic rings. The predicted molar refractivity (Wildman–Crippen MR) is 115 cm³/mol. The maximum Gasteiger partial charge on any atom is 0.422 e. The van der Waals surface area contributed by atoms with Crippen molar-refractivity contribution in [1.82, 2.24) is 14.9 Å². The number of amides is 1. The van der Waals surface area contributed by atoms with Gasteiger partial charge in [-0.05, 0) is 43.0 Å². The molecule has 1 aliphatic heterocycles. The number of thiophene rings is 1. The van der Waals surface area contributed by atoms with Gasteiger partial charge in [0.1, 0.15) is 16.4 Å². The van der Waals surface area contributed by atoms with E-state index in [4.69, 9.17) is 0 Å². The second-order valence-electron chi connectivity index (χ2n) is 7.76. The van der Waals surface area contributed by atoms with E-state index in [1.807, 2.05) is 0 Å². The molecule has 2 aromatic heterocycles. The summed E-state index contributed by atoms with van der Waals surface area (Å²) in [6, 6.07) is 6.04. The van der Waals surface area contributed by atoms with Crippen molar-refractivity contribution in [2.45, 2.75) is 51.9 Å². The molecule has 32 heavy (non-hydrogen) atoms. The van der Waals surface area contributed by atoms with Gasteiger partial charge in [0.15, 0.2) is 6.61 Å². The number of carbonyl (C=O) groups excluding carboxylic acids is 1. The van der Waals surface area contributed by atoms with Gasteiger partial charge in [-0.2, -0.15) is 13.2 Å². The standard InChI is InChI=1S/C22H22F3N3O3S/c1-13-17-20(27-16-5-3-2-4-10-28(16)21(17)30)32-18(13)19(29)26-11-14-6-8-15(9-7-14)31-12-22(23,24)25/h6-9H,2-5,10-12H2,1H3,(H,26,29). The summed E-state index contributed by atoms with van der Waals surface area (Å²) in [4.78, 5) is 31.5. The number of fused-ring (bicyclic) bond motifs is 2. The third-order valence-corrected chi connectivity index (χ3v) is 6.58. The maximum absolute atomic E-state index is 13.0. The van der Waals surface area contributed by atoms with Gasteiger partial charge in [0.2, 0.25) is 0 Å². The average Bonchev–Trinajstić information content (AvgIpc) is 2.92. The largest absolute Gasteiger partial charge is 0.484 e. The third-order valence-electron chi connectivity index (χ3n) is 5.40. The van der Waals surface area contributed by atoms with Crippen LogP contribution in [0.1, 0.15) is 45.9 Å². The first kappa shape index (κ1) is 22.3. The van der Waals surface area contributed by atoms with Crippen molar-refractivity contribution in [1.29, 1.82) is 0 Å². The zero-order chi connectivity index (χ0) is 22.9. The van der Waals surface area contributed by atoms with E-state index >= 15 is 0 Å². The molecule has 0 saturated heterocycles. The van der Waals surface area contributed by atoms with Crippen LogP contribution in [0.25, 0.3) is 10.2 Å². The molecule has 1 aromatic carbocycles. The molecule has 0 radical (unpaired) electrons. The Morgan fingerprint density at radius 2 is 1.97 bits per heavy atom. The molecule has 4 rings (SSSR count). The Morgan fingerprint density at radius 3 is 2.69 bits per heavy atom. The molecule has 0 saturated carbocycles. The lowest BCUT2D eigenvalue weighted by molar-refractivity contribution is -0.153. The highest BCUT2D eigenvalue weighted by Crippen LogP contribution is 2.28. The van der Waals surface area contributed by atoms with Crippen molar-refractivity contribution in [3.05, 3.63) is 56.4 Å². The van der Waals surface area contributed by atoms with Crippen LogP contribution >= 0.6 is 11.3 Å². The molecule has 6 nitrogen and oxygen atoms in total. The van der Waals surface area contributed by atoms with Gasteiger partial charge in [0.25, 0.3) is 11.5 Å². The fourth-order valence-electron chi connectivity index (χ4n) is 3.76. The third kappa shape index (κ3) is 4.79. The predicted octanol–water partition coefficient (Wildman–Crippen LogP) is 4.36. The molecule has 1 amide bonds. The number of halogens is 3. The number of hydrogen-bond donors (Lipinski definition) is 1. The summed E-state index contributed by atoms with van der Waals surface area (Å²) in [6.45, 7) is 1.24. The van der Waals surface area contributed by atoms with Gasteiger partial charge in [-0.1, -0.05) is 18.6 Å². The number of ether oxygens (including phenoxy) is 1. The molecule has 0 fully saturated rings. The van der Waals surface area contributed by atoms with E-state index in [2.05, 4.69) is 15.0 Å². The number of alkyl halides is 3. The Morgan fingerprint density at radius 1 is 1.22 bits per heavy atom. The molecule has 170 valence electrons. The summed E-state index contributed by atoms with van der Waals surface area (Å²) in [5.74, 6) is 0.563. The SMILES string of the molecule is Cc1c(C(=O)NCc2ccc(OCC(F)(F)F)cc2)sc2nc3n(c(=O)c12)CCCCC3. The fourth-order valence-corrected chi connectivity index (χ4v) is 4.86. The van der Waals surface area contributed by atoms with Crippen LogP contribution in [0.2, 0.25) is 0 Å². The zero-order valence-corrected chi connectivity index (χ0v) is 18.2. The van der Waals surface area contributed by atoms with Crippen LogP contribution < -0.4 is 15.6 Å². The number of nitrogens with one attached hydrogen (secondary N) is 1. The van der Waals surface area contributed by atoms with Gasteiger partial charge in [0, 0.05) is 19.5 Å². The fraction of sp³-hybridized carbons (Fsp3) is 0.409. The Bertz CT molecular complexity index is 1200. The first-order valence-electron chi connectivity index (χ1n) is 10.3. The van der Waals surface area contributed by atoms with Crippen LogP contribution in [-0.2, 0) is 19.5 Å². The van der Waals surface area contributed by atoms with Gasteiger partial charge in [-0.3, -0.25) is 14.2 Å². The molecule has 1 aliphatic rings. The molecule has 10 heteroatoms. The van der Waals surface area contributed by atoms with E-state index in [0.717, 1.165) is 31.5 Å². The summed E-state index contributed by atoms with van der Waals surface area (Å²) >= 11 is 1.21. The molecule has 0 unspecified atom stereocenters. The van der Waals surface area contributed by atoms with Crippen LogP contribution in [0, 0.1) is 6.92 Å². The second kappa shape index (κ2) is 8.93. The van der Waals surface area contributed by atoms with Gasteiger partial charge in [-0.25, -0.2) is 4.98 Å². The Labute approximate surface area is 186 Å². The molecular weight excluding hydrogens is 443 g/mol. The number of benzene rings is 1. The first-order chi connectivity index (χ1) is 15.2. The van der Waals surface area contributed by atoms with E-state index in [9.17, 15) is 22.8 Å². The number of hydrogen-bond acceptors (Lipinski definition) is 5. The van der Waals surface area contributed by atoms with Crippen LogP contribution in [0.3, 0.4) is 0 Å². The van der Waals surface area contributed by atoms with E-state index in [1.165, 1.54) is 23.5 Å². The highest BCUT2D eigenvalue weighted by Gasteiger charge is 2.28. The van der Waals surface area contributed by atoms with Crippen molar-refractivity contribution >= 4 is 27.5 Å². The molecule has 3 heterocycles. The summed E-state index contributed by atoms with van der Waals surface area (Å²) in [5.41, 5.74) is 1.24. The van der Waals surface area contributed by atoms with Crippen molar-refractivity contribution in [2.24, 2.45) is 0 Å². The van der Waals surface area contributed by atoms with Gasteiger partial charge in [0.05, 0.1) is 10.3 Å². The quantitative estimate of drug-likeness (QED) is 0.608. The Hall–Kier alpha value is -2.88. The topological polar surface area (TPSA) is 73.2 Å². The monoisotopic (exact) mass is 465 g/mol. The normalized spacial score (nSPS) is 14.1. The van der Waals surface area contributed by atoms with E-state index in [-0.39, 0.29) is 23.8 Å². The van der Waals surface area contributed by atoms with Crippen molar-refractivity contribution in [3.63, 3.8) is 0 Å². The van der Waals surface area contributed by atoms with Crippen LogP contribution in [0.4, 0.5) is 13.2 Å². The minimum Gasteiger partial charge on any atom is -0.484 e. The number of aromatic nitrogens is 2. The average molecular weight is 465 g/mol. The number of nitrogens with zero attached hydrogens (tertiary/aromatic N) is 2. The Balaban J connectivity index is 1.48. The number of rotatable bonds is 5. The molecular formula is C22H22F3N3O3S. The smallest absolute Gasteiger partial charge is 0.422 e. The summed E-state index contributed by atoms with van der Waals surface area (Å²) in [7, 11) is 0. The first-order valence-corrected chi connectivity index (χ1v) is 11.1. The summed E-state index contributed by atoms with van der Waals surface area (Å²) < 4.78 is 43.1. The van der Waals surface area contributed by atoms with Crippen LogP contribution in [-0.4, -0.2) is 28.2 Å². The zero-order valence-electron chi connectivity index (χ0n) is 17.4. The highest BCUT2D eigenvalue weighted by atomic mass is 32.1. The van der Waals surface area contributed by atoms with E-state index in [1.54, 1.807) is 23.6 Å².